The van der Waals surface area contributed by atoms with E-state index in [1.807, 2.05) is 17.9 Å². The zero-order valence-corrected chi connectivity index (χ0v) is 19.0. The molecule has 3 rings (SSSR count). The number of hydrogen-bond acceptors (Lipinski definition) is 5. The first kappa shape index (κ1) is 23.2. The van der Waals surface area contributed by atoms with Gasteiger partial charge in [-0.15, -0.1) is 0 Å². The quantitative estimate of drug-likeness (QED) is 0.656. The van der Waals surface area contributed by atoms with Crippen LogP contribution in [0.15, 0.2) is 47.4 Å². The van der Waals surface area contributed by atoms with E-state index in [1.54, 1.807) is 43.3 Å². The van der Waals surface area contributed by atoms with Crippen LogP contribution in [0, 0.1) is 13.8 Å². The number of hydrogen-bond donors (Lipinski definition) is 2. The van der Waals surface area contributed by atoms with Gasteiger partial charge in [-0.05, 0) is 55.3 Å². The van der Waals surface area contributed by atoms with E-state index in [0.717, 1.165) is 5.56 Å². The number of nitrogens with zero attached hydrogens (tertiary/aromatic N) is 2. The highest BCUT2D eigenvalue weighted by atomic mass is 35.5. The van der Waals surface area contributed by atoms with Gasteiger partial charge in [-0.25, -0.2) is 8.42 Å². The SMILES string of the molecule is Cc1ccc(C)c(S(=O)(=O)N2CCN(CC(=O)NNC(=O)c3ccc(Cl)cc3)CC2)c1. The number of aryl methyl sites for hydroxylation is 2. The molecule has 1 aliphatic heterocycles. The van der Waals surface area contributed by atoms with E-state index in [0.29, 0.717) is 47.2 Å². The summed E-state index contributed by atoms with van der Waals surface area (Å²) < 4.78 is 27.4. The average molecular weight is 465 g/mol. The second-order valence-corrected chi connectivity index (χ2v) is 9.80. The Morgan fingerprint density at radius 2 is 1.61 bits per heavy atom. The molecule has 0 saturated carbocycles. The minimum atomic E-state index is -3.58. The van der Waals surface area contributed by atoms with Crippen molar-refractivity contribution in [3.63, 3.8) is 0 Å². The van der Waals surface area contributed by atoms with Gasteiger partial charge in [0, 0.05) is 36.8 Å². The first-order valence-corrected chi connectivity index (χ1v) is 11.6. The summed E-state index contributed by atoms with van der Waals surface area (Å²) in [4.78, 5) is 26.4. The number of halogens is 1. The fraction of sp³-hybridized carbons (Fsp3) is 0.333. The molecule has 1 fully saturated rings. The van der Waals surface area contributed by atoms with Crippen molar-refractivity contribution >= 4 is 33.4 Å². The Balaban J connectivity index is 1.49. The van der Waals surface area contributed by atoms with Crippen molar-refractivity contribution in [2.45, 2.75) is 18.7 Å². The van der Waals surface area contributed by atoms with Gasteiger partial charge >= 0.3 is 0 Å². The predicted molar refractivity (Wildman–Crippen MR) is 118 cm³/mol. The van der Waals surface area contributed by atoms with Crippen molar-refractivity contribution in [3.05, 3.63) is 64.2 Å². The van der Waals surface area contributed by atoms with Gasteiger partial charge in [0.05, 0.1) is 11.4 Å². The second kappa shape index (κ2) is 9.78. The van der Waals surface area contributed by atoms with Crippen LogP contribution in [0.25, 0.3) is 0 Å². The monoisotopic (exact) mass is 464 g/mol. The van der Waals surface area contributed by atoms with Gasteiger partial charge in [0.15, 0.2) is 0 Å². The van der Waals surface area contributed by atoms with Gasteiger partial charge in [0.25, 0.3) is 11.8 Å². The van der Waals surface area contributed by atoms with Crippen molar-refractivity contribution < 1.29 is 18.0 Å². The third kappa shape index (κ3) is 5.82. The number of hydrazine groups is 1. The molecule has 1 saturated heterocycles. The molecule has 1 aliphatic rings. The van der Waals surface area contributed by atoms with Crippen LogP contribution in [-0.4, -0.2) is 62.2 Å². The van der Waals surface area contributed by atoms with E-state index in [2.05, 4.69) is 10.9 Å². The normalized spacial score (nSPS) is 15.5. The van der Waals surface area contributed by atoms with Crippen molar-refractivity contribution in [1.29, 1.82) is 0 Å². The number of carbonyl (C=O) groups is 2. The van der Waals surface area contributed by atoms with Gasteiger partial charge in [-0.1, -0.05) is 23.7 Å². The minimum Gasteiger partial charge on any atom is -0.292 e. The van der Waals surface area contributed by atoms with Crippen LogP contribution >= 0.6 is 11.6 Å². The predicted octanol–water partition coefficient (Wildman–Crippen LogP) is 1.72. The first-order chi connectivity index (χ1) is 14.7. The zero-order valence-electron chi connectivity index (χ0n) is 17.4. The number of carbonyl (C=O) groups excluding carboxylic acids is 2. The molecule has 2 aromatic rings. The Kier molecular flexibility index (Phi) is 7.32. The number of nitrogens with one attached hydrogen (secondary N) is 2. The molecule has 0 spiro atoms. The third-order valence-corrected chi connectivity index (χ3v) is 7.37. The lowest BCUT2D eigenvalue weighted by Crippen LogP contribution is -2.52. The van der Waals surface area contributed by atoms with Gasteiger partial charge in [0.1, 0.15) is 0 Å². The minimum absolute atomic E-state index is 0.0538. The highest BCUT2D eigenvalue weighted by Crippen LogP contribution is 2.22. The van der Waals surface area contributed by atoms with Crippen LogP contribution in [0.4, 0.5) is 0 Å². The molecule has 1 heterocycles. The number of benzene rings is 2. The van der Waals surface area contributed by atoms with E-state index < -0.39 is 15.9 Å². The molecule has 0 bridgehead atoms. The third-order valence-electron chi connectivity index (χ3n) is 5.08. The standard InChI is InChI=1S/C21H25ClN4O4S/c1-15-3-4-16(2)19(13-15)31(29,30)26-11-9-25(10-12-26)14-20(27)23-24-21(28)17-5-7-18(22)8-6-17/h3-8,13H,9-12,14H2,1-2H3,(H,23,27)(H,24,28). The number of piperazine rings is 1. The Hall–Kier alpha value is -2.46. The van der Waals surface area contributed by atoms with Crippen LogP contribution in [0.5, 0.6) is 0 Å². The van der Waals surface area contributed by atoms with E-state index in [4.69, 9.17) is 11.6 Å². The highest BCUT2D eigenvalue weighted by molar-refractivity contribution is 7.89. The molecule has 8 nitrogen and oxygen atoms in total. The molecule has 2 N–H and O–H groups in total. The van der Waals surface area contributed by atoms with Crippen molar-refractivity contribution in [2.75, 3.05) is 32.7 Å². The summed E-state index contributed by atoms with van der Waals surface area (Å²) in [6, 6.07) is 11.7. The summed E-state index contributed by atoms with van der Waals surface area (Å²) in [5.74, 6) is -0.831. The molecule has 2 amide bonds. The maximum absolute atomic E-state index is 13.0. The van der Waals surface area contributed by atoms with Gasteiger partial charge in [0.2, 0.25) is 10.0 Å². The molecule has 0 unspecified atom stereocenters. The number of sulfonamides is 1. The van der Waals surface area contributed by atoms with Crippen molar-refractivity contribution in [2.24, 2.45) is 0 Å². The molecular formula is C21H25ClN4O4S. The molecule has 166 valence electrons. The molecule has 0 aliphatic carbocycles. The van der Waals surface area contributed by atoms with E-state index in [9.17, 15) is 18.0 Å². The second-order valence-electron chi connectivity index (χ2n) is 7.46. The van der Waals surface area contributed by atoms with Crippen molar-refractivity contribution in [1.82, 2.24) is 20.1 Å². The van der Waals surface area contributed by atoms with E-state index >= 15 is 0 Å². The molecule has 10 heteroatoms. The highest BCUT2D eigenvalue weighted by Gasteiger charge is 2.30. The van der Waals surface area contributed by atoms with Crippen LogP contribution < -0.4 is 10.9 Å². The van der Waals surface area contributed by atoms with E-state index in [-0.39, 0.29) is 12.5 Å². The Bertz CT molecular complexity index is 1070. The molecule has 0 aromatic heterocycles. The van der Waals surface area contributed by atoms with Gasteiger partial charge in [-0.3, -0.25) is 25.3 Å². The Morgan fingerprint density at radius 1 is 0.968 bits per heavy atom. The topological polar surface area (TPSA) is 98.8 Å². The lowest BCUT2D eigenvalue weighted by molar-refractivity contribution is -0.123. The molecular weight excluding hydrogens is 440 g/mol. The van der Waals surface area contributed by atoms with Gasteiger partial charge < -0.3 is 0 Å². The fourth-order valence-corrected chi connectivity index (χ4v) is 5.15. The van der Waals surface area contributed by atoms with E-state index in [1.165, 1.54) is 4.31 Å². The average Bonchev–Trinajstić information content (AvgIpc) is 2.74. The summed E-state index contributed by atoms with van der Waals surface area (Å²) >= 11 is 5.79. The number of amides is 2. The maximum atomic E-state index is 13.0. The first-order valence-electron chi connectivity index (χ1n) is 9.81. The van der Waals surface area contributed by atoms with Crippen LogP contribution in [0.1, 0.15) is 21.5 Å². The fourth-order valence-electron chi connectivity index (χ4n) is 3.29. The van der Waals surface area contributed by atoms with Crippen molar-refractivity contribution in [3.8, 4) is 0 Å². The maximum Gasteiger partial charge on any atom is 0.269 e. The Morgan fingerprint density at radius 3 is 2.26 bits per heavy atom. The molecule has 31 heavy (non-hydrogen) atoms. The van der Waals surface area contributed by atoms with Gasteiger partial charge in [-0.2, -0.15) is 4.31 Å². The molecule has 2 aromatic carbocycles. The van der Waals surface area contributed by atoms with Crippen LogP contribution in [0.2, 0.25) is 5.02 Å². The Labute approximate surface area is 187 Å². The summed E-state index contributed by atoms with van der Waals surface area (Å²) in [5, 5.41) is 0.513. The zero-order chi connectivity index (χ0) is 22.6. The smallest absolute Gasteiger partial charge is 0.269 e. The van der Waals surface area contributed by atoms with Crippen LogP contribution in [0.3, 0.4) is 0 Å². The largest absolute Gasteiger partial charge is 0.292 e. The summed E-state index contributed by atoms with van der Waals surface area (Å²) in [6.45, 7) is 5.12. The lowest BCUT2D eigenvalue weighted by Gasteiger charge is -2.33. The molecule has 0 atom stereocenters. The lowest BCUT2D eigenvalue weighted by atomic mass is 10.2. The van der Waals surface area contributed by atoms with Crippen LogP contribution in [-0.2, 0) is 14.8 Å². The number of rotatable bonds is 5. The summed E-state index contributed by atoms with van der Waals surface area (Å²) in [5.41, 5.74) is 6.71. The molecule has 0 radical (unpaired) electrons. The summed E-state index contributed by atoms with van der Waals surface area (Å²) in [7, 11) is -3.58. The summed E-state index contributed by atoms with van der Waals surface area (Å²) in [6.07, 6.45) is 0.